The van der Waals surface area contributed by atoms with Gasteiger partial charge in [0, 0.05) is 34.1 Å². The third-order valence-electron chi connectivity index (χ3n) is 4.36. The number of benzene rings is 2. The maximum absolute atomic E-state index is 13.1. The number of fused-ring (bicyclic) bond motifs is 1. The number of nitrogens with one attached hydrogen (secondary N) is 1. The largest absolute Gasteiger partial charge is 0.478 e. The zero-order valence-corrected chi connectivity index (χ0v) is 15.7. The molecule has 0 aliphatic rings. The van der Waals surface area contributed by atoms with E-state index in [0.717, 1.165) is 5.56 Å². The molecule has 0 saturated carbocycles. The summed E-state index contributed by atoms with van der Waals surface area (Å²) in [7, 11) is 0. The van der Waals surface area contributed by atoms with Gasteiger partial charge in [-0.3, -0.25) is 9.78 Å². The molecule has 4 rings (SSSR count). The molecule has 0 atom stereocenters. The number of hydrogen-bond acceptors (Lipinski definition) is 4. The van der Waals surface area contributed by atoms with Crippen molar-refractivity contribution in [1.82, 2.24) is 9.97 Å². The minimum absolute atomic E-state index is 0.0860. The van der Waals surface area contributed by atoms with E-state index in [9.17, 15) is 9.59 Å². The summed E-state index contributed by atoms with van der Waals surface area (Å²) < 4.78 is 0. The van der Waals surface area contributed by atoms with Crippen molar-refractivity contribution in [2.24, 2.45) is 0 Å². The van der Waals surface area contributed by atoms with E-state index in [1.165, 1.54) is 12.1 Å². The molecule has 2 aromatic carbocycles. The lowest BCUT2D eigenvalue weighted by Gasteiger charge is -2.11. The number of carbonyl (C=O) groups excluding carboxylic acids is 1. The molecule has 2 N–H and O–H groups in total. The molecule has 2 aromatic heterocycles. The van der Waals surface area contributed by atoms with E-state index in [0.29, 0.717) is 32.9 Å². The number of amides is 1. The van der Waals surface area contributed by atoms with Crippen LogP contribution in [0, 0.1) is 0 Å². The van der Waals surface area contributed by atoms with E-state index in [2.05, 4.69) is 15.3 Å². The molecule has 7 heteroatoms. The van der Waals surface area contributed by atoms with Crippen LogP contribution in [-0.4, -0.2) is 27.0 Å². The molecule has 0 aliphatic heterocycles. The average Bonchev–Trinajstić information content (AvgIpc) is 2.73. The molecule has 2 heterocycles. The van der Waals surface area contributed by atoms with Crippen LogP contribution < -0.4 is 5.32 Å². The lowest BCUT2D eigenvalue weighted by molar-refractivity contribution is 0.0696. The van der Waals surface area contributed by atoms with Gasteiger partial charge in [-0.2, -0.15) is 0 Å². The van der Waals surface area contributed by atoms with Crippen LogP contribution in [0.4, 0.5) is 5.69 Å². The highest BCUT2D eigenvalue weighted by atomic mass is 35.5. The van der Waals surface area contributed by atoms with Crippen LogP contribution in [0.25, 0.3) is 22.2 Å². The molecule has 142 valence electrons. The number of carboxylic acid groups (broad SMARTS) is 1. The number of aromatic carboxylic acids is 1. The minimum Gasteiger partial charge on any atom is -0.478 e. The van der Waals surface area contributed by atoms with Gasteiger partial charge in [0.05, 0.1) is 22.3 Å². The maximum Gasteiger partial charge on any atom is 0.335 e. The third-order valence-corrected chi connectivity index (χ3v) is 4.59. The number of rotatable bonds is 4. The van der Waals surface area contributed by atoms with Gasteiger partial charge in [0.1, 0.15) is 0 Å². The highest BCUT2D eigenvalue weighted by Crippen LogP contribution is 2.27. The zero-order chi connectivity index (χ0) is 20.4. The van der Waals surface area contributed by atoms with Crippen LogP contribution in [0.5, 0.6) is 0 Å². The molecule has 0 radical (unpaired) electrons. The Morgan fingerprint density at radius 3 is 2.52 bits per heavy atom. The van der Waals surface area contributed by atoms with Gasteiger partial charge in [-0.05, 0) is 54.6 Å². The predicted octanol–water partition coefficient (Wildman–Crippen LogP) is 4.90. The summed E-state index contributed by atoms with van der Waals surface area (Å²) in [6.45, 7) is 0. The van der Waals surface area contributed by atoms with E-state index in [-0.39, 0.29) is 5.56 Å². The lowest BCUT2D eigenvalue weighted by Crippen LogP contribution is -2.13. The molecule has 0 bridgehead atoms. The van der Waals surface area contributed by atoms with Crippen LogP contribution in [0.1, 0.15) is 20.7 Å². The molecule has 0 saturated heterocycles. The first-order valence-electron chi connectivity index (χ1n) is 8.67. The molecule has 0 spiro atoms. The number of carboxylic acids is 1. The number of anilines is 1. The van der Waals surface area contributed by atoms with Crippen LogP contribution in [0.2, 0.25) is 5.02 Å². The standard InChI is InChI=1S/C22H14ClN3O3/c23-15-4-5-19-17(11-15)18(12-20(26-19)13-6-8-24-9-7-13)21(27)25-16-3-1-2-14(10-16)22(28)29/h1-12H,(H,25,27)(H,28,29). The zero-order valence-electron chi connectivity index (χ0n) is 15.0. The van der Waals surface area contributed by atoms with Crippen LogP contribution in [0.3, 0.4) is 0 Å². The Hall–Kier alpha value is -3.77. The van der Waals surface area contributed by atoms with Gasteiger partial charge >= 0.3 is 5.97 Å². The van der Waals surface area contributed by atoms with E-state index < -0.39 is 11.9 Å². The van der Waals surface area contributed by atoms with Crippen molar-refractivity contribution in [3.8, 4) is 11.3 Å². The summed E-state index contributed by atoms with van der Waals surface area (Å²) in [5, 5.41) is 13.0. The second kappa shape index (κ2) is 7.69. The predicted molar refractivity (Wildman–Crippen MR) is 111 cm³/mol. The Labute approximate surface area is 170 Å². The highest BCUT2D eigenvalue weighted by molar-refractivity contribution is 6.31. The molecular weight excluding hydrogens is 390 g/mol. The van der Waals surface area contributed by atoms with Crippen molar-refractivity contribution in [1.29, 1.82) is 0 Å². The molecular formula is C22H14ClN3O3. The third kappa shape index (κ3) is 3.93. The first-order chi connectivity index (χ1) is 14.0. The van der Waals surface area contributed by atoms with E-state index in [1.54, 1.807) is 48.8 Å². The van der Waals surface area contributed by atoms with Gasteiger partial charge in [-0.25, -0.2) is 9.78 Å². The summed E-state index contributed by atoms with van der Waals surface area (Å²) >= 11 is 6.13. The van der Waals surface area contributed by atoms with E-state index in [4.69, 9.17) is 16.7 Å². The smallest absolute Gasteiger partial charge is 0.335 e. The molecule has 6 nitrogen and oxygen atoms in total. The summed E-state index contributed by atoms with van der Waals surface area (Å²) in [6, 6.07) is 16.5. The number of carbonyl (C=O) groups is 2. The normalized spacial score (nSPS) is 10.7. The van der Waals surface area contributed by atoms with Gasteiger partial charge in [0.15, 0.2) is 0 Å². The summed E-state index contributed by atoms with van der Waals surface area (Å²) in [5.41, 5.74) is 2.90. The summed E-state index contributed by atoms with van der Waals surface area (Å²) in [5.74, 6) is -1.46. The Balaban J connectivity index is 1.80. The number of halogens is 1. The first kappa shape index (κ1) is 18.6. The molecule has 29 heavy (non-hydrogen) atoms. The van der Waals surface area contributed by atoms with Crippen LogP contribution >= 0.6 is 11.6 Å². The quantitative estimate of drug-likeness (QED) is 0.505. The lowest BCUT2D eigenvalue weighted by atomic mass is 10.0. The second-order valence-corrected chi connectivity index (χ2v) is 6.73. The molecule has 0 aliphatic carbocycles. The number of nitrogens with zero attached hydrogens (tertiary/aromatic N) is 2. The second-order valence-electron chi connectivity index (χ2n) is 6.29. The average molecular weight is 404 g/mol. The molecule has 0 unspecified atom stereocenters. The van der Waals surface area contributed by atoms with Crippen molar-refractivity contribution in [2.45, 2.75) is 0 Å². The van der Waals surface area contributed by atoms with Crippen molar-refractivity contribution in [3.05, 3.63) is 89.2 Å². The number of pyridine rings is 2. The fourth-order valence-electron chi connectivity index (χ4n) is 2.98. The van der Waals surface area contributed by atoms with Gasteiger partial charge < -0.3 is 10.4 Å². The van der Waals surface area contributed by atoms with Gasteiger partial charge in [-0.1, -0.05) is 17.7 Å². The fourth-order valence-corrected chi connectivity index (χ4v) is 3.16. The Morgan fingerprint density at radius 2 is 1.76 bits per heavy atom. The van der Waals surface area contributed by atoms with Crippen molar-refractivity contribution < 1.29 is 14.7 Å². The SMILES string of the molecule is O=C(O)c1cccc(NC(=O)c2cc(-c3ccncc3)nc3ccc(Cl)cc23)c1. The number of aromatic nitrogens is 2. The van der Waals surface area contributed by atoms with Crippen molar-refractivity contribution >= 4 is 40.1 Å². The maximum atomic E-state index is 13.1. The highest BCUT2D eigenvalue weighted by Gasteiger charge is 2.15. The molecule has 4 aromatic rings. The van der Waals surface area contributed by atoms with Gasteiger partial charge in [0.25, 0.3) is 5.91 Å². The van der Waals surface area contributed by atoms with Crippen LogP contribution in [-0.2, 0) is 0 Å². The Kier molecular flexibility index (Phi) is 4.93. The van der Waals surface area contributed by atoms with Crippen LogP contribution in [0.15, 0.2) is 73.1 Å². The number of hydrogen-bond donors (Lipinski definition) is 2. The van der Waals surface area contributed by atoms with Crippen molar-refractivity contribution in [3.63, 3.8) is 0 Å². The first-order valence-corrected chi connectivity index (χ1v) is 9.04. The molecule has 1 amide bonds. The van der Waals surface area contributed by atoms with Gasteiger partial charge in [0.2, 0.25) is 0 Å². The summed E-state index contributed by atoms with van der Waals surface area (Å²) in [6.07, 6.45) is 3.31. The monoisotopic (exact) mass is 403 g/mol. The van der Waals surface area contributed by atoms with Gasteiger partial charge in [-0.15, -0.1) is 0 Å². The fraction of sp³-hybridized carbons (Fsp3) is 0. The van der Waals surface area contributed by atoms with E-state index in [1.807, 2.05) is 12.1 Å². The topological polar surface area (TPSA) is 92.2 Å². The minimum atomic E-state index is -1.07. The Bertz CT molecular complexity index is 1240. The van der Waals surface area contributed by atoms with Crippen molar-refractivity contribution in [2.75, 3.05) is 5.32 Å². The van der Waals surface area contributed by atoms with E-state index >= 15 is 0 Å². The summed E-state index contributed by atoms with van der Waals surface area (Å²) in [4.78, 5) is 32.9. The Morgan fingerprint density at radius 1 is 0.966 bits per heavy atom. The molecule has 0 fully saturated rings.